The minimum atomic E-state index is -0.297. The lowest BCUT2D eigenvalue weighted by atomic mass is 10.2. The number of nitrogens with zero attached hydrogens (tertiary/aromatic N) is 1. The lowest BCUT2D eigenvalue weighted by molar-refractivity contribution is 0.0988. The summed E-state index contributed by atoms with van der Waals surface area (Å²) in [7, 11) is 3.23. The fourth-order valence-corrected chi connectivity index (χ4v) is 1.68. The van der Waals surface area contributed by atoms with Crippen molar-refractivity contribution >= 4 is 11.6 Å². The van der Waals surface area contributed by atoms with Crippen LogP contribution in [0, 0.1) is 0 Å². The van der Waals surface area contributed by atoms with Gasteiger partial charge in [0.1, 0.15) is 11.4 Å². The average molecular weight is 258 g/mol. The van der Waals surface area contributed by atoms with Crippen molar-refractivity contribution in [1.29, 1.82) is 0 Å². The van der Waals surface area contributed by atoms with E-state index in [-0.39, 0.29) is 17.2 Å². The van der Waals surface area contributed by atoms with Crippen molar-refractivity contribution in [3.8, 4) is 5.75 Å². The van der Waals surface area contributed by atoms with Crippen molar-refractivity contribution in [2.75, 3.05) is 19.1 Å². The van der Waals surface area contributed by atoms with Crippen LogP contribution in [0.15, 0.2) is 47.3 Å². The molecule has 1 aromatic carbocycles. The van der Waals surface area contributed by atoms with Crippen LogP contribution in [0.4, 0.5) is 5.69 Å². The Bertz CT molecular complexity index is 632. The zero-order valence-electron chi connectivity index (χ0n) is 10.7. The van der Waals surface area contributed by atoms with E-state index in [0.717, 1.165) is 11.4 Å². The topological polar surface area (TPSA) is 62.4 Å². The first-order valence-corrected chi connectivity index (χ1v) is 5.73. The molecule has 5 nitrogen and oxygen atoms in total. The molecule has 0 aliphatic rings. The Balaban J connectivity index is 2.25. The normalized spacial score (nSPS) is 10.0. The van der Waals surface area contributed by atoms with Gasteiger partial charge in [-0.15, -0.1) is 0 Å². The van der Waals surface area contributed by atoms with Gasteiger partial charge in [-0.3, -0.25) is 9.59 Å². The molecule has 1 aromatic heterocycles. The van der Waals surface area contributed by atoms with Crippen molar-refractivity contribution in [3.05, 3.63) is 58.5 Å². The van der Waals surface area contributed by atoms with Crippen molar-refractivity contribution in [3.63, 3.8) is 0 Å². The molecule has 1 amide bonds. The maximum absolute atomic E-state index is 12.2. The molecule has 1 heterocycles. The molecule has 0 atom stereocenters. The molecule has 2 aromatic rings. The summed E-state index contributed by atoms with van der Waals surface area (Å²) < 4.78 is 5.06. The molecule has 2 rings (SSSR count). The number of aromatic amines is 1. The van der Waals surface area contributed by atoms with Gasteiger partial charge in [0, 0.05) is 18.8 Å². The highest BCUT2D eigenvalue weighted by Gasteiger charge is 2.14. The maximum Gasteiger partial charge on any atom is 0.274 e. The van der Waals surface area contributed by atoms with E-state index in [1.807, 2.05) is 0 Å². The van der Waals surface area contributed by atoms with Crippen molar-refractivity contribution in [1.82, 2.24) is 4.98 Å². The number of anilines is 1. The summed E-state index contributed by atoms with van der Waals surface area (Å²) in [4.78, 5) is 27.3. The molecule has 0 unspecified atom stereocenters. The summed E-state index contributed by atoms with van der Waals surface area (Å²) in [6.07, 6.45) is 0. The van der Waals surface area contributed by atoms with Gasteiger partial charge < -0.3 is 14.6 Å². The zero-order chi connectivity index (χ0) is 13.8. The van der Waals surface area contributed by atoms with E-state index in [4.69, 9.17) is 4.74 Å². The lowest BCUT2D eigenvalue weighted by Crippen LogP contribution is -2.28. The summed E-state index contributed by atoms with van der Waals surface area (Å²) in [6.45, 7) is 0. The zero-order valence-corrected chi connectivity index (χ0v) is 10.7. The molecule has 1 N–H and O–H groups in total. The number of hydrogen-bond acceptors (Lipinski definition) is 3. The third kappa shape index (κ3) is 2.82. The number of carbonyl (C=O) groups is 1. The highest BCUT2D eigenvalue weighted by Crippen LogP contribution is 2.19. The SMILES string of the molecule is COc1ccc(N(C)C(=O)c2cccc(=O)[nH]2)cc1. The minimum Gasteiger partial charge on any atom is -0.497 e. The van der Waals surface area contributed by atoms with E-state index >= 15 is 0 Å². The Morgan fingerprint density at radius 1 is 1.16 bits per heavy atom. The Morgan fingerprint density at radius 2 is 1.84 bits per heavy atom. The monoisotopic (exact) mass is 258 g/mol. The molecule has 0 bridgehead atoms. The predicted molar refractivity (Wildman–Crippen MR) is 72.8 cm³/mol. The third-order valence-electron chi connectivity index (χ3n) is 2.76. The minimum absolute atomic E-state index is 0.255. The number of ether oxygens (including phenoxy) is 1. The van der Waals surface area contributed by atoms with Crippen LogP contribution in [0.2, 0.25) is 0 Å². The summed E-state index contributed by atoms with van der Waals surface area (Å²) in [5.41, 5.74) is 0.676. The molecule has 0 fully saturated rings. The molecule has 19 heavy (non-hydrogen) atoms. The van der Waals surface area contributed by atoms with E-state index < -0.39 is 0 Å². The van der Waals surface area contributed by atoms with E-state index in [1.165, 1.54) is 11.0 Å². The largest absolute Gasteiger partial charge is 0.497 e. The molecule has 5 heteroatoms. The smallest absolute Gasteiger partial charge is 0.274 e. The van der Waals surface area contributed by atoms with Gasteiger partial charge in [-0.25, -0.2) is 0 Å². The van der Waals surface area contributed by atoms with Gasteiger partial charge in [0.25, 0.3) is 5.91 Å². The van der Waals surface area contributed by atoms with Gasteiger partial charge in [-0.2, -0.15) is 0 Å². The maximum atomic E-state index is 12.2. The second kappa shape index (κ2) is 5.39. The molecule has 0 saturated carbocycles. The van der Waals surface area contributed by atoms with Gasteiger partial charge in [0.15, 0.2) is 0 Å². The number of amides is 1. The number of benzene rings is 1. The van der Waals surface area contributed by atoms with Crippen LogP contribution < -0.4 is 15.2 Å². The Hall–Kier alpha value is -2.56. The second-order valence-electron chi connectivity index (χ2n) is 3.99. The van der Waals surface area contributed by atoms with E-state index in [1.54, 1.807) is 50.6 Å². The molecule has 98 valence electrons. The summed E-state index contributed by atoms with van der Waals surface area (Å²) >= 11 is 0. The first-order valence-electron chi connectivity index (χ1n) is 5.73. The van der Waals surface area contributed by atoms with Gasteiger partial charge in [0.2, 0.25) is 5.56 Å². The van der Waals surface area contributed by atoms with Crippen LogP contribution in [0.1, 0.15) is 10.5 Å². The molecule has 0 radical (unpaired) electrons. The Kier molecular flexibility index (Phi) is 3.66. The summed E-state index contributed by atoms with van der Waals surface area (Å²) in [5, 5.41) is 0. The quantitative estimate of drug-likeness (QED) is 0.910. The summed E-state index contributed by atoms with van der Waals surface area (Å²) in [5.74, 6) is 0.445. The fraction of sp³-hybridized carbons (Fsp3) is 0.143. The standard InChI is InChI=1S/C14H14N2O3/c1-16(10-6-8-11(19-2)9-7-10)14(18)12-4-3-5-13(17)15-12/h3-9H,1-2H3,(H,15,17). The highest BCUT2D eigenvalue weighted by atomic mass is 16.5. The molecule has 0 aliphatic heterocycles. The molecule has 0 saturated heterocycles. The summed E-state index contributed by atoms with van der Waals surface area (Å²) in [6, 6.07) is 11.6. The number of methoxy groups -OCH3 is 1. The van der Waals surface area contributed by atoms with E-state index in [0.29, 0.717) is 0 Å². The molecule has 0 aliphatic carbocycles. The Morgan fingerprint density at radius 3 is 2.42 bits per heavy atom. The number of carbonyl (C=O) groups excluding carboxylic acids is 1. The number of nitrogens with one attached hydrogen (secondary N) is 1. The molecule has 0 spiro atoms. The van der Waals surface area contributed by atoms with Crippen LogP contribution >= 0.6 is 0 Å². The van der Waals surface area contributed by atoms with Crippen LogP contribution in [-0.2, 0) is 0 Å². The van der Waals surface area contributed by atoms with Crippen molar-refractivity contribution < 1.29 is 9.53 Å². The van der Waals surface area contributed by atoms with Crippen LogP contribution in [0.3, 0.4) is 0 Å². The van der Waals surface area contributed by atoms with Crippen LogP contribution in [0.5, 0.6) is 5.75 Å². The number of rotatable bonds is 3. The van der Waals surface area contributed by atoms with Gasteiger partial charge >= 0.3 is 0 Å². The molecular weight excluding hydrogens is 244 g/mol. The first-order chi connectivity index (χ1) is 9.11. The second-order valence-corrected chi connectivity index (χ2v) is 3.99. The third-order valence-corrected chi connectivity index (χ3v) is 2.76. The van der Waals surface area contributed by atoms with Crippen LogP contribution in [0.25, 0.3) is 0 Å². The first kappa shape index (κ1) is 12.9. The van der Waals surface area contributed by atoms with Gasteiger partial charge in [0.05, 0.1) is 7.11 Å². The van der Waals surface area contributed by atoms with Crippen molar-refractivity contribution in [2.45, 2.75) is 0 Å². The molecular formula is C14H14N2O3. The fourth-order valence-electron chi connectivity index (χ4n) is 1.68. The lowest BCUT2D eigenvalue weighted by Gasteiger charge is -2.17. The number of H-pyrrole nitrogens is 1. The average Bonchev–Trinajstić information content (AvgIpc) is 2.46. The number of pyridine rings is 1. The van der Waals surface area contributed by atoms with Gasteiger partial charge in [-0.05, 0) is 30.3 Å². The van der Waals surface area contributed by atoms with Crippen LogP contribution in [-0.4, -0.2) is 25.0 Å². The van der Waals surface area contributed by atoms with E-state index in [9.17, 15) is 9.59 Å². The number of hydrogen-bond donors (Lipinski definition) is 1. The Labute approximate surface area is 110 Å². The van der Waals surface area contributed by atoms with Crippen molar-refractivity contribution in [2.24, 2.45) is 0 Å². The van der Waals surface area contributed by atoms with Gasteiger partial charge in [-0.1, -0.05) is 6.07 Å². The highest BCUT2D eigenvalue weighted by molar-refractivity contribution is 6.04. The predicted octanol–water partition coefficient (Wildman–Crippen LogP) is 1.66. The number of aromatic nitrogens is 1. The van der Waals surface area contributed by atoms with E-state index in [2.05, 4.69) is 4.98 Å².